The molecule has 2 aromatic carbocycles. The van der Waals surface area contributed by atoms with Gasteiger partial charge in [-0.3, -0.25) is 0 Å². The molecule has 0 aromatic heterocycles. The van der Waals surface area contributed by atoms with Gasteiger partial charge in [-0.25, -0.2) is 4.79 Å². The molecule has 0 fully saturated rings. The first-order valence-electron chi connectivity index (χ1n) is 10.4. The number of hydrogen-bond donors (Lipinski definition) is 3. The molecule has 1 aliphatic carbocycles. The van der Waals surface area contributed by atoms with Crippen LogP contribution in [0.5, 0.6) is 5.75 Å². The summed E-state index contributed by atoms with van der Waals surface area (Å²) in [6.45, 7) is 4.14. The van der Waals surface area contributed by atoms with Gasteiger partial charge in [-0.05, 0) is 42.5 Å². The van der Waals surface area contributed by atoms with Crippen molar-refractivity contribution in [2.24, 2.45) is 0 Å². The number of anilines is 1. The van der Waals surface area contributed by atoms with Gasteiger partial charge in [-0.1, -0.05) is 55.2 Å². The fraction of sp³-hybridized carbons (Fsp3) is 0.435. The first-order chi connectivity index (χ1) is 14.4. The number of urea groups is 1. The highest BCUT2D eigenvalue weighted by Crippen LogP contribution is 2.48. The lowest BCUT2D eigenvalue weighted by atomic mass is 9.83. The Kier molecular flexibility index (Phi) is 5.88. The molecule has 0 bridgehead atoms. The second kappa shape index (κ2) is 8.29. The zero-order valence-corrected chi connectivity index (χ0v) is 18.6. The quantitative estimate of drug-likeness (QED) is 0.565. The Balaban J connectivity index is 1.59. The molecule has 0 spiro atoms. The van der Waals surface area contributed by atoms with Crippen molar-refractivity contribution in [2.75, 3.05) is 5.32 Å². The number of aliphatic hydroxyl groups excluding tert-OH is 1. The highest BCUT2D eigenvalue weighted by Gasteiger charge is 2.40. The summed E-state index contributed by atoms with van der Waals surface area (Å²) >= 11 is 12.7. The third-order valence-electron chi connectivity index (χ3n) is 6.36. The van der Waals surface area contributed by atoms with Crippen molar-refractivity contribution in [1.82, 2.24) is 5.32 Å². The van der Waals surface area contributed by atoms with E-state index < -0.39 is 11.7 Å². The summed E-state index contributed by atoms with van der Waals surface area (Å²) in [7, 11) is 0. The van der Waals surface area contributed by atoms with Gasteiger partial charge in [-0.15, -0.1) is 0 Å². The summed E-state index contributed by atoms with van der Waals surface area (Å²) in [6.07, 6.45) is 2.99. The third kappa shape index (κ3) is 3.86. The Morgan fingerprint density at radius 2 is 1.97 bits per heavy atom. The molecule has 0 unspecified atom stereocenters. The zero-order chi connectivity index (χ0) is 21.5. The molecule has 4 rings (SSSR count). The molecular weight excluding hydrogens is 423 g/mol. The van der Waals surface area contributed by atoms with E-state index in [4.69, 9.17) is 27.9 Å². The number of rotatable bonds is 4. The monoisotopic (exact) mass is 448 g/mol. The number of amides is 2. The van der Waals surface area contributed by atoms with Gasteiger partial charge in [-0.2, -0.15) is 0 Å². The van der Waals surface area contributed by atoms with Gasteiger partial charge >= 0.3 is 6.03 Å². The normalized spacial score (nSPS) is 21.4. The van der Waals surface area contributed by atoms with E-state index in [1.54, 1.807) is 6.07 Å². The first-order valence-corrected chi connectivity index (χ1v) is 11.1. The molecule has 5 nitrogen and oxygen atoms in total. The van der Waals surface area contributed by atoms with Crippen LogP contribution < -0.4 is 15.4 Å². The van der Waals surface area contributed by atoms with Crippen molar-refractivity contribution >= 4 is 34.9 Å². The predicted molar refractivity (Wildman–Crippen MR) is 120 cm³/mol. The van der Waals surface area contributed by atoms with Gasteiger partial charge < -0.3 is 20.5 Å². The van der Waals surface area contributed by atoms with E-state index in [9.17, 15) is 9.90 Å². The van der Waals surface area contributed by atoms with E-state index in [-0.39, 0.29) is 12.1 Å². The van der Waals surface area contributed by atoms with Gasteiger partial charge in [0.25, 0.3) is 0 Å². The number of carbonyl (C=O) groups is 1. The van der Waals surface area contributed by atoms with E-state index in [2.05, 4.69) is 24.5 Å². The number of ether oxygens (including phenoxy) is 1. The van der Waals surface area contributed by atoms with Crippen LogP contribution in [-0.4, -0.2) is 22.8 Å². The van der Waals surface area contributed by atoms with Crippen molar-refractivity contribution in [1.29, 1.82) is 0 Å². The molecule has 160 valence electrons. The molecule has 2 atom stereocenters. The van der Waals surface area contributed by atoms with Gasteiger partial charge in [0.05, 0.1) is 17.2 Å². The minimum atomic E-state index is -0.419. The van der Waals surface area contributed by atoms with Crippen LogP contribution in [0.2, 0.25) is 10.0 Å². The molecule has 2 amide bonds. The number of benzene rings is 2. The van der Waals surface area contributed by atoms with Crippen molar-refractivity contribution in [2.45, 2.75) is 63.7 Å². The molecule has 0 saturated heterocycles. The van der Waals surface area contributed by atoms with Crippen LogP contribution in [0.1, 0.15) is 55.8 Å². The SMILES string of the molecule is CCC1(CC)C[C@@H](NC(=O)Nc2cccc3c2C[C@H](O)C3)c2ccc(Cl)c(Cl)c2O1. The van der Waals surface area contributed by atoms with Crippen LogP contribution in [0.4, 0.5) is 10.5 Å². The summed E-state index contributed by atoms with van der Waals surface area (Å²) in [5.74, 6) is 0.549. The molecule has 0 saturated carbocycles. The zero-order valence-electron chi connectivity index (χ0n) is 17.1. The molecule has 2 aliphatic rings. The Labute approximate surface area is 186 Å². The average Bonchev–Trinajstić information content (AvgIpc) is 3.12. The minimum absolute atomic E-state index is 0.259. The van der Waals surface area contributed by atoms with Gasteiger partial charge in [0.1, 0.15) is 16.4 Å². The lowest BCUT2D eigenvalue weighted by Gasteiger charge is -2.42. The number of hydrogen-bond acceptors (Lipinski definition) is 3. The number of nitrogens with one attached hydrogen (secondary N) is 2. The summed E-state index contributed by atoms with van der Waals surface area (Å²) in [6, 6.07) is 8.80. The summed E-state index contributed by atoms with van der Waals surface area (Å²) in [5.41, 5.74) is 3.22. The van der Waals surface area contributed by atoms with Gasteiger partial charge in [0.2, 0.25) is 0 Å². The molecule has 30 heavy (non-hydrogen) atoms. The van der Waals surface area contributed by atoms with Crippen molar-refractivity contribution in [3.05, 3.63) is 57.1 Å². The van der Waals surface area contributed by atoms with Gasteiger partial charge in [0, 0.05) is 24.1 Å². The minimum Gasteiger partial charge on any atom is -0.485 e. The molecule has 0 radical (unpaired) electrons. The fourth-order valence-electron chi connectivity index (χ4n) is 4.54. The smallest absolute Gasteiger partial charge is 0.319 e. The number of halogens is 2. The van der Waals surface area contributed by atoms with Crippen molar-refractivity contribution < 1.29 is 14.6 Å². The van der Waals surface area contributed by atoms with E-state index in [1.165, 1.54) is 0 Å². The van der Waals surface area contributed by atoms with E-state index in [0.29, 0.717) is 35.1 Å². The fourth-order valence-corrected chi connectivity index (χ4v) is 4.90. The predicted octanol–water partition coefficient (Wildman–Crippen LogP) is 5.66. The highest BCUT2D eigenvalue weighted by molar-refractivity contribution is 6.43. The second-order valence-electron chi connectivity index (χ2n) is 8.13. The maximum absolute atomic E-state index is 12.9. The Bertz CT molecular complexity index is 975. The molecular formula is C23H26Cl2N2O3. The maximum atomic E-state index is 12.9. The van der Waals surface area contributed by atoms with Crippen LogP contribution in [0.25, 0.3) is 0 Å². The van der Waals surface area contributed by atoms with E-state index in [1.807, 2.05) is 24.3 Å². The average molecular weight is 449 g/mol. The molecule has 1 heterocycles. The lowest BCUT2D eigenvalue weighted by Crippen LogP contribution is -2.45. The van der Waals surface area contributed by atoms with Crippen LogP contribution >= 0.6 is 23.2 Å². The molecule has 1 aliphatic heterocycles. The maximum Gasteiger partial charge on any atom is 0.319 e. The lowest BCUT2D eigenvalue weighted by molar-refractivity contribution is 0.0248. The summed E-state index contributed by atoms with van der Waals surface area (Å²) in [5, 5.41) is 16.9. The van der Waals surface area contributed by atoms with Crippen LogP contribution in [0.3, 0.4) is 0 Å². The van der Waals surface area contributed by atoms with E-state index >= 15 is 0 Å². The Hall–Kier alpha value is -1.95. The van der Waals surface area contributed by atoms with Gasteiger partial charge in [0.15, 0.2) is 0 Å². The van der Waals surface area contributed by atoms with Crippen LogP contribution in [-0.2, 0) is 12.8 Å². The van der Waals surface area contributed by atoms with Crippen molar-refractivity contribution in [3.63, 3.8) is 0 Å². The molecule has 2 aromatic rings. The summed E-state index contributed by atoms with van der Waals surface area (Å²) < 4.78 is 6.32. The highest BCUT2D eigenvalue weighted by atomic mass is 35.5. The number of carbonyl (C=O) groups excluding carboxylic acids is 1. The number of aliphatic hydroxyl groups is 1. The first kappa shape index (κ1) is 21.3. The molecule has 7 heteroatoms. The second-order valence-corrected chi connectivity index (χ2v) is 8.92. The van der Waals surface area contributed by atoms with E-state index in [0.717, 1.165) is 35.2 Å². The van der Waals surface area contributed by atoms with Crippen LogP contribution in [0, 0.1) is 0 Å². The third-order valence-corrected chi connectivity index (χ3v) is 7.15. The molecule has 3 N–H and O–H groups in total. The Morgan fingerprint density at radius 1 is 1.20 bits per heavy atom. The largest absolute Gasteiger partial charge is 0.485 e. The van der Waals surface area contributed by atoms with Crippen molar-refractivity contribution in [3.8, 4) is 5.75 Å². The number of fused-ring (bicyclic) bond motifs is 2. The summed E-state index contributed by atoms with van der Waals surface area (Å²) in [4.78, 5) is 12.9. The topological polar surface area (TPSA) is 70.6 Å². The standard InChI is InChI=1S/C23H26Cl2N2O3/c1-3-23(4-2)12-19(15-8-9-17(24)20(25)21(15)30-23)27-22(29)26-18-7-5-6-13-10-14(28)11-16(13)18/h5-9,14,19,28H,3-4,10-12H2,1-2H3,(H2,26,27,29)/t14-,19-/m1/s1. The Morgan fingerprint density at radius 3 is 2.70 bits per heavy atom. The van der Waals surface area contributed by atoms with Crippen LogP contribution in [0.15, 0.2) is 30.3 Å².